The maximum absolute atomic E-state index is 13.5. The number of hydrogen-bond donors (Lipinski definition) is 2. The van der Waals surface area contributed by atoms with Gasteiger partial charge in [0.15, 0.2) is 0 Å². The molecule has 0 spiro atoms. The molecule has 3 rings (SSSR count). The SMILES string of the molecule is Nc1cc(Cl)c(F)cc1NC1CCc2ccccc2C1. The highest BCUT2D eigenvalue weighted by Gasteiger charge is 2.19. The lowest BCUT2D eigenvalue weighted by Crippen LogP contribution is -2.27. The first-order chi connectivity index (χ1) is 9.63. The van der Waals surface area contributed by atoms with Gasteiger partial charge in [0.25, 0.3) is 0 Å². The van der Waals surface area contributed by atoms with Crippen LogP contribution in [-0.2, 0) is 12.8 Å². The Morgan fingerprint density at radius 2 is 1.95 bits per heavy atom. The number of halogens is 2. The molecule has 0 fully saturated rings. The van der Waals surface area contributed by atoms with Gasteiger partial charge in [-0.15, -0.1) is 0 Å². The molecular formula is C16H16ClFN2. The lowest BCUT2D eigenvalue weighted by atomic mass is 9.88. The molecule has 0 aliphatic heterocycles. The average Bonchev–Trinajstić information content (AvgIpc) is 2.44. The van der Waals surface area contributed by atoms with Crippen molar-refractivity contribution in [1.29, 1.82) is 0 Å². The van der Waals surface area contributed by atoms with Gasteiger partial charge in [-0.2, -0.15) is 0 Å². The van der Waals surface area contributed by atoms with Crippen molar-refractivity contribution in [3.05, 3.63) is 58.4 Å². The molecule has 0 saturated carbocycles. The number of nitrogen functional groups attached to an aromatic ring is 1. The standard InChI is InChI=1S/C16H16ClFN2/c17-13-8-15(19)16(9-14(13)18)20-12-6-5-10-3-1-2-4-11(10)7-12/h1-4,8-9,12,20H,5-7,19H2. The second-order valence-corrected chi connectivity index (χ2v) is 5.61. The summed E-state index contributed by atoms with van der Waals surface area (Å²) >= 11 is 5.71. The number of aryl methyl sites for hydroxylation is 1. The first-order valence-electron chi connectivity index (χ1n) is 6.71. The minimum absolute atomic E-state index is 0.0574. The van der Waals surface area contributed by atoms with Crippen LogP contribution < -0.4 is 11.1 Å². The van der Waals surface area contributed by atoms with E-state index in [0.29, 0.717) is 11.4 Å². The van der Waals surface area contributed by atoms with Gasteiger partial charge in [-0.05, 0) is 36.5 Å². The van der Waals surface area contributed by atoms with Crippen molar-refractivity contribution in [1.82, 2.24) is 0 Å². The van der Waals surface area contributed by atoms with Crippen molar-refractivity contribution in [3.8, 4) is 0 Å². The van der Waals surface area contributed by atoms with Crippen molar-refractivity contribution in [2.24, 2.45) is 0 Å². The maximum Gasteiger partial charge on any atom is 0.143 e. The summed E-state index contributed by atoms with van der Waals surface area (Å²) < 4.78 is 13.5. The third kappa shape index (κ3) is 2.59. The summed E-state index contributed by atoms with van der Waals surface area (Å²) in [5.41, 5.74) is 9.75. The number of hydrogen-bond acceptors (Lipinski definition) is 2. The summed E-state index contributed by atoms with van der Waals surface area (Å²) in [4.78, 5) is 0. The fourth-order valence-corrected chi connectivity index (χ4v) is 2.90. The summed E-state index contributed by atoms with van der Waals surface area (Å²) in [6.45, 7) is 0. The van der Waals surface area contributed by atoms with Gasteiger partial charge in [0, 0.05) is 12.1 Å². The number of rotatable bonds is 2. The van der Waals surface area contributed by atoms with Crippen LogP contribution in [0.1, 0.15) is 17.5 Å². The highest BCUT2D eigenvalue weighted by atomic mass is 35.5. The van der Waals surface area contributed by atoms with E-state index in [0.717, 1.165) is 19.3 Å². The largest absolute Gasteiger partial charge is 0.397 e. The molecule has 20 heavy (non-hydrogen) atoms. The van der Waals surface area contributed by atoms with E-state index in [1.165, 1.54) is 23.3 Å². The van der Waals surface area contributed by atoms with Gasteiger partial charge in [-0.25, -0.2) is 4.39 Å². The summed E-state index contributed by atoms with van der Waals surface area (Å²) in [5.74, 6) is -0.445. The first-order valence-corrected chi connectivity index (χ1v) is 7.09. The Bertz CT molecular complexity index is 642. The van der Waals surface area contributed by atoms with Crippen molar-refractivity contribution in [3.63, 3.8) is 0 Å². The maximum atomic E-state index is 13.5. The van der Waals surface area contributed by atoms with Gasteiger partial charge < -0.3 is 11.1 Å². The lowest BCUT2D eigenvalue weighted by Gasteiger charge is -2.27. The second kappa shape index (κ2) is 5.33. The van der Waals surface area contributed by atoms with Gasteiger partial charge in [0.05, 0.1) is 16.4 Å². The molecule has 1 aliphatic carbocycles. The normalized spacial score (nSPS) is 17.6. The molecule has 4 heteroatoms. The Hall–Kier alpha value is -1.74. The van der Waals surface area contributed by atoms with E-state index >= 15 is 0 Å². The highest BCUT2D eigenvalue weighted by Crippen LogP contribution is 2.29. The molecule has 1 atom stereocenters. The Morgan fingerprint density at radius 1 is 1.20 bits per heavy atom. The predicted molar refractivity (Wildman–Crippen MR) is 81.7 cm³/mol. The summed E-state index contributed by atoms with van der Waals surface area (Å²) in [5, 5.41) is 3.39. The van der Waals surface area contributed by atoms with E-state index in [-0.39, 0.29) is 11.1 Å². The van der Waals surface area contributed by atoms with E-state index in [1.807, 2.05) is 0 Å². The summed E-state index contributed by atoms with van der Waals surface area (Å²) in [6.07, 6.45) is 2.98. The van der Waals surface area contributed by atoms with Gasteiger partial charge in [0.1, 0.15) is 5.82 Å². The minimum Gasteiger partial charge on any atom is -0.397 e. The first kappa shape index (κ1) is 13.3. The molecule has 1 unspecified atom stereocenters. The zero-order chi connectivity index (χ0) is 14.1. The number of anilines is 2. The molecule has 0 amide bonds. The molecule has 0 saturated heterocycles. The van der Waals surface area contributed by atoms with E-state index in [1.54, 1.807) is 0 Å². The Kier molecular flexibility index (Phi) is 3.53. The average molecular weight is 291 g/mol. The van der Waals surface area contributed by atoms with Crippen LogP contribution in [0.3, 0.4) is 0 Å². The molecule has 2 nitrogen and oxygen atoms in total. The molecule has 2 aromatic rings. The van der Waals surface area contributed by atoms with Gasteiger partial charge in [-0.1, -0.05) is 35.9 Å². The molecule has 2 aromatic carbocycles. The van der Waals surface area contributed by atoms with E-state index in [9.17, 15) is 4.39 Å². The molecule has 1 aliphatic rings. The van der Waals surface area contributed by atoms with Crippen LogP contribution in [0, 0.1) is 5.82 Å². The fourth-order valence-electron chi connectivity index (χ4n) is 2.73. The van der Waals surface area contributed by atoms with Crippen molar-refractivity contribution >= 4 is 23.0 Å². The van der Waals surface area contributed by atoms with Gasteiger partial charge >= 0.3 is 0 Å². The number of nitrogens with one attached hydrogen (secondary N) is 1. The Labute approximate surface area is 122 Å². The van der Waals surface area contributed by atoms with Crippen LogP contribution in [-0.4, -0.2) is 6.04 Å². The predicted octanol–water partition coefficient (Wildman–Crippen LogP) is 4.03. The van der Waals surface area contributed by atoms with Crippen LogP contribution in [0.25, 0.3) is 0 Å². The topological polar surface area (TPSA) is 38.0 Å². The third-order valence-electron chi connectivity index (χ3n) is 3.80. The van der Waals surface area contributed by atoms with Gasteiger partial charge in [-0.3, -0.25) is 0 Å². The van der Waals surface area contributed by atoms with Crippen molar-refractivity contribution in [2.45, 2.75) is 25.3 Å². The molecule has 0 aromatic heterocycles. The van der Waals surface area contributed by atoms with Crippen LogP contribution >= 0.6 is 11.6 Å². The second-order valence-electron chi connectivity index (χ2n) is 5.21. The van der Waals surface area contributed by atoms with Gasteiger partial charge in [0.2, 0.25) is 0 Å². The monoisotopic (exact) mass is 290 g/mol. The van der Waals surface area contributed by atoms with Crippen LogP contribution in [0.15, 0.2) is 36.4 Å². The van der Waals surface area contributed by atoms with Crippen molar-refractivity contribution < 1.29 is 4.39 Å². The molecule has 0 heterocycles. The third-order valence-corrected chi connectivity index (χ3v) is 4.09. The minimum atomic E-state index is -0.445. The fraction of sp³-hybridized carbons (Fsp3) is 0.250. The van der Waals surface area contributed by atoms with E-state index in [4.69, 9.17) is 17.3 Å². The zero-order valence-corrected chi connectivity index (χ0v) is 11.8. The van der Waals surface area contributed by atoms with Crippen molar-refractivity contribution in [2.75, 3.05) is 11.1 Å². The van der Waals surface area contributed by atoms with E-state index in [2.05, 4.69) is 29.6 Å². The smallest absolute Gasteiger partial charge is 0.143 e. The van der Waals surface area contributed by atoms with Crippen LogP contribution in [0.2, 0.25) is 5.02 Å². The van der Waals surface area contributed by atoms with Crippen LogP contribution in [0.4, 0.5) is 15.8 Å². The highest BCUT2D eigenvalue weighted by molar-refractivity contribution is 6.31. The molecular weight excluding hydrogens is 275 g/mol. The number of nitrogens with two attached hydrogens (primary N) is 1. The zero-order valence-electron chi connectivity index (χ0n) is 11.0. The molecule has 104 valence electrons. The number of benzene rings is 2. The lowest BCUT2D eigenvalue weighted by molar-refractivity contribution is 0.607. The molecule has 0 bridgehead atoms. The summed E-state index contributed by atoms with van der Waals surface area (Å²) in [6, 6.07) is 11.5. The Balaban J connectivity index is 1.78. The summed E-state index contributed by atoms with van der Waals surface area (Å²) in [7, 11) is 0. The number of fused-ring (bicyclic) bond motifs is 1. The quantitative estimate of drug-likeness (QED) is 0.820. The van der Waals surface area contributed by atoms with E-state index < -0.39 is 5.82 Å². The molecule has 3 N–H and O–H groups in total. The Morgan fingerprint density at radius 3 is 2.75 bits per heavy atom. The molecule has 0 radical (unpaired) electrons. The van der Waals surface area contributed by atoms with Crippen LogP contribution in [0.5, 0.6) is 0 Å².